The van der Waals surface area contributed by atoms with Crippen LogP contribution >= 0.6 is 0 Å². The highest BCUT2D eigenvalue weighted by Gasteiger charge is 2.03. The van der Waals surface area contributed by atoms with Gasteiger partial charge in [0.2, 0.25) is 0 Å². The van der Waals surface area contributed by atoms with E-state index in [1.807, 2.05) is 10.9 Å². The molecule has 102 valence electrons. The summed E-state index contributed by atoms with van der Waals surface area (Å²) >= 11 is 0. The molecule has 0 amide bonds. The van der Waals surface area contributed by atoms with Crippen molar-refractivity contribution >= 4 is 0 Å². The van der Waals surface area contributed by atoms with Crippen LogP contribution in [0.2, 0.25) is 0 Å². The average molecular weight is 257 g/mol. The smallest absolute Gasteiger partial charge is 0.0762 e. The largest absolute Gasteiger partial charge is 0.307 e. The Hall–Kier alpha value is -1.61. The van der Waals surface area contributed by atoms with Crippen LogP contribution in [0, 0.1) is 0 Å². The van der Waals surface area contributed by atoms with E-state index in [-0.39, 0.29) is 0 Å². The topological polar surface area (TPSA) is 29.9 Å². The highest BCUT2D eigenvalue weighted by Crippen LogP contribution is 2.09. The first-order valence-corrected chi connectivity index (χ1v) is 7.02. The Kier molecular flexibility index (Phi) is 4.74. The molecule has 2 aromatic rings. The van der Waals surface area contributed by atoms with Gasteiger partial charge in [-0.3, -0.25) is 4.68 Å². The molecule has 0 aliphatic carbocycles. The first-order chi connectivity index (χ1) is 9.20. The van der Waals surface area contributed by atoms with Crippen molar-refractivity contribution in [3.8, 4) is 0 Å². The number of nitrogens with zero attached hydrogens (tertiary/aromatic N) is 2. The standard InChI is InChI=1S/C16H23N3/c1-4-14-7-5-6-8-15(14)11-17-12-16-9-10-19(18-16)13(2)3/h5-10,13,17H,4,11-12H2,1-3H3. The lowest BCUT2D eigenvalue weighted by Crippen LogP contribution is -2.14. The van der Waals surface area contributed by atoms with Gasteiger partial charge in [0, 0.05) is 25.3 Å². The molecule has 1 heterocycles. The van der Waals surface area contributed by atoms with E-state index in [2.05, 4.69) is 61.5 Å². The molecule has 0 atom stereocenters. The monoisotopic (exact) mass is 257 g/mol. The van der Waals surface area contributed by atoms with Crippen LogP contribution in [0.4, 0.5) is 0 Å². The van der Waals surface area contributed by atoms with Crippen molar-refractivity contribution in [1.29, 1.82) is 0 Å². The number of benzene rings is 1. The summed E-state index contributed by atoms with van der Waals surface area (Å²) in [6, 6.07) is 11.1. The second-order valence-electron chi connectivity index (χ2n) is 5.11. The molecular formula is C16H23N3. The zero-order valence-corrected chi connectivity index (χ0v) is 12.1. The molecule has 19 heavy (non-hydrogen) atoms. The normalized spacial score (nSPS) is 11.2. The number of aryl methyl sites for hydroxylation is 1. The minimum atomic E-state index is 0.426. The quantitative estimate of drug-likeness (QED) is 0.860. The maximum absolute atomic E-state index is 4.54. The van der Waals surface area contributed by atoms with E-state index in [4.69, 9.17) is 0 Å². The van der Waals surface area contributed by atoms with Gasteiger partial charge in [-0.15, -0.1) is 0 Å². The van der Waals surface area contributed by atoms with Gasteiger partial charge in [-0.1, -0.05) is 31.2 Å². The van der Waals surface area contributed by atoms with Crippen LogP contribution in [0.15, 0.2) is 36.5 Å². The minimum Gasteiger partial charge on any atom is -0.307 e. The third-order valence-electron chi connectivity index (χ3n) is 3.31. The van der Waals surface area contributed by atoms with Crippen LogP contribution in [-0.2, 0) is 19.5 Å². The molecule has 0 aliphatic rings. The summed E-state index contributed by atoms with van der Waals surface area (Å²) in [5.41, 5.74) is 3.90. The molecule has 0 radical (unpaired) electrons. The highest BCUT2D eigenvalue weighted by molar-refractivity contribution is 5.26. The number of hydrogen-bond donors (Lipinski definition) is 1. The molecular weight excluding hydrogens is 234 g/mol. The maximum atomic E-state index is 4.54. The Morgan fingerprint density at radius 2 is 1.84 bits per heavy atom. The fraction of sp³-hybridized carbons (Fsp3) is 0.438. The minimum absolute atomic E-state index is 0.426. The zero-order chi connectivity index (χ0) is 13.7. The highest BCUT2D eigenvalue weighted by atomic mass is 15.3. The number of aromatic nitrogens is 2. The van der Waals surface area contributed by atoms with Crippen LogP contribution in [0.1, 0.15) is 43.6 Å². The SMILES string of the molecule is CCc1ccccc1CNCc1ccn(C(C)C)n1. The number of rotatable bonds is 6. The predicted octanol–water partition coefficient (Wildman–Crippen LogP) is 3.32. The molecule has 0 saturated heterocycles. The lowest BCUT2D eigenvalue weighted by molar-refractivity contribution is 0.521. The number of hydrogen-bond acceptors (Lipinski definition) is 2. The summed E-state index contributed by atoms with van der Waals surface area (Å²) in [7, 11) is 0. The summed E-state index contributed by atoms with van der Waals surface area (Å²) in [6.07, 6.45) is 3.13. The summed E-state index contributed by atoms with van der Waals surface area (Å²) in [4.78, 5) is 0. The van der Waals surface area contributed by atoms with E-state index in [1.165, 1.54) is 11.1 Å². The molecule has 0 saturated carbocycles. The van der Waals surface area contributed by atoms with E-state index in [9.17, 15) is 0 Å². The lowest BCUT2D eigenvalue weighted by Gasteiger charge is -2.08. The summed E-state index contributed by atoms with van der Waals surface area (Å²) in [5, 5.41) is 8.01. The van der Waals surface area contributed by atoms with Gasteiger partial charge in [0.25, 0.3) is 0 Å². The average Bonchev–Trinajstić information content (AvgIpc) is 2.88. The van der Waals surface area contributed by atoms with Gasteiger partial charge in [0.1, 0.15) is 0 Å². The first kappa shape index (κ1) is 13.8. The van der Waals surface area contributed by atoms with Gasteiger partial charge in [-0.05, 0) is 37.5 Å². The zero-order valence-electron chi connectivity index (χ0n) is 12.1. The molecule has 0 spiro atoms. The molecule has 0 bridgehead atoms. The summed E-state index contributed by atoms with van der Waals surface area (Å²) in [5.74, 6) is 0. The van der Waals surface area contributed by atoms with Gasteiger partial charge in [0.15, 0.2) is 0 Å². The van der Waals surface area contributed by atoms with Gasteiger partial charge in [0.05, 0.1) is 5.69 Å². The van der Waals surface area contributed by atoms with E-state index in [1.54, 1.807) is 0 Å². The van der Waals surface area contributed by atoms with Crippen molar-refractivity contribution in [1.82, 2.24) is 15.1 Å². The van der Waals surface area contributed by atoms with Crippen LogP contribution < -0.4 is 5.32 Å². The Balaban J connectivity index is 1.89. The fourth-order valence-corrected chi connectivity index (χ4v) is 2.16. The summed E-state index contributed by atoms with van der Waals surface area (Å²) in [6.45, 7) is 8.20. The van der Waals surface area contributed by atoms with Crippen molar-refractivity contribution in [3.63, 3.8) is 0 Å². The fourth-order valence-electron chi connectivity index (χ4n) is 2.16. The van der Waals surface area contributed by atoms with Crippen molar-refractivity contribution < 1.29 is 0 Å². The second-order valence-corrected chi connectivity index (χ2v) is 5.11. The van der Waals surface area contributed by atoms with Crippen LogP contribution in [-0.4, -0.2) is 9.78 Å². The Morgan fingerprint density at radius 3 is 2.47 bits per heavy atom. The van der Waals surface area contributed by atoms with Crippen molar-refractivity contribution in [2.45, 2.75) is 46.3 Å². The van der Waals surface area contributed by atoms with Crippen LogP contribution in [0.25, 0.3) is 0 Å². The lowest BCUT2D eigenvalue weighted by atomic mass is 10.1. The summed E-state index contributed by atoms with van der Waals surface area (Å²) < 4.78 is 2.00. The molecule has 0 aliphatic heterocycles. The molecule has 3 nitrogen and oxygen atoms in total. The van der Waals surface area contributed by atoms with E-state index < -0.39 is 0 Å². The molecule has 3 heteroatoms. The van der Waals surface area contributed by atoms with Crippen molar-refractivity contribution in [2.24, 2.45) is 0 Å². The second kappa shape index (κ2) is 6.53. The van der Waals surface area contributed by atoms with Gasteiger partial charge >= 0.3 is 0 Å². The Bertz CT molecular complexity index is 514. The molecule has 1 N–H and O–H groups in total. The molecule has 0 unspecified atom stereocenters. The predicted molar refractivity (Wildman–Crippen MR) is 79.0 cm³/mol. The number of nitrogens with one attached hydrogen (secondary N) is 1. The molecule has 2 rings (SSSR count). The molecule has 0 fully saturated rings. The van der Waals surface area contributed by atoms with E-state index in [0.29, 0.717) is 6.04 Å². The van der Waals surface area contributed by atoms with Crippen molar-refractivity contribution in [2.75, 3.05) is 0 Å². The van der Waals surface area contributed by atoms with Gasteiger partial charge < -0.3 is 5.32 Å². The maximum Gasteiger partial charge on any atom is 0.0762 e. The Labute approximate surface area is 115 Å². The first-order valence-electron chi connectivity index (χ1n) is 7.02. The van der Waals surface area contributed by atoms with Gasteiger partial charge in [-0.2, -0.15) is 5.10 Å². The third kappa shape index (κ3) is 3.67. The van der Waals surface area contributed by atoms with Crippen LogP contribution in [0.5, 0.6) is 0 Å². The molecule has 1 aromatic carbocycles. The Morgan fingerprint density at radius 1 is 1.11 bits per heavy atom. The van der Waals surface area contributed by atoms with E-state index >= 15 is 0 Å². The van der Waals surface area contributed by atoms with Crippen LogP contribution in [0.3, 0.4) is 0 Å². The third-order valence-corrected chi connectivity index (χ3v) is 3.31. The molecule has 1 aromatic heterocycles. The van der Waals surface area contributed by atoms with E-state index in [0.717, 1.165) is 25.2 Å². The van der Waals surface area contributed by atoms with Gasteiger partial charge in [-0.25, -0.2) is 0 Å². The van der Waals surface area contributed by atoms with Crippen molar-refractivity contribution in [3.05, 3.63) is 53.3 Å².